The van der Waals surface area contributed by atoms with Crippen LogP contribution in [0.3, 0.4) is 0 Å². The molecule has 5 N–H and O–H groups in total. The van der Waals surface area contributed by atoms with Crippen molar-refractivity contribution in [2.24, 2.45) is 5.73 Å². The Balaban J connectivity index is 3.53. The van der Waals surface area contributed by atoms with Crippen molar-refractivity contribution in [1.29, 1.82) is 0 Å². The van der Waals surface area contributed by atoms with Crippen LogP contribution in [0.2, 0.25) is 0 Å². The molecule has 0 fully saturated rings. The smallest absolute Gasteiger partial charge is 0.333 e. The van der Waals surface area contributed by atoms with Crippen molar-refractivity contribution in [3.63, 3.8) is 0 Å². The third kappa shape index (κ3) is 5.33. The number of hydrazine groups is 1. The van der Waals surface area contributed by atoms with Gasteiger partial charge in [0.25, 0.3) is 0 Å². The van der Waals surface area contributed by atoms with Crippen LogP contribution in [0, 0.1) is 0 Å². The van der Waals surface area contributed by atoms with E-state index in [1.165, 1.54) is 0 Å². The lowest BCUT2D eigenvalue weighted by atomic mass is 10.3. The van der Waals surface area contributed by atoms with Gasteiger partial charge in [-0.05, 0) is 13.3 Å². The number of amides is 4. The zero-order valence-electron chi connectivity index (χ0n) is 7.18. The number of carbonyl (C=O) groups excluding carboxylic acids is 2. The van der Waals surface area contributed by atoms with Crippen LogP contribution in [-0.4, -0.2) is 18.1 Å². The molecule has 0 radical (unpaired) electrons. The van der Waals surface area contributed by atoms with Crippen LogP contribution in [0.4, 0.5) is 9.59 Å². The topological polar surface area (TPSA) is 96.2 Å². The first-order valence-corrected chi connectivity index (χ1v) is 3.68. The van der Waals surface area contributed by atoms with E-state index in [1.807, 2.05) is 19.3 Å². The van der Waals surface area contributed by atoms with Crippen LogP contribution in [0.15, 0.2) is 0 Å². The van der Waals surface area contributed by atoms with Crippen molar-refractivity contribution in [2.45, 2.75) is 26.3 Å². The number of nitrogens with one attached hydrogen (secondary N) is 3. The van der Waals surface area contributed by atoms with Crippen molar-refractivity contribution in [2.75, 3.05) is 0 Å². The fourth-order valence-electron chi connectivity index (χ4n) is 0.480. The fourth-order valence-corrected chi connectivity index (χ4v) is 0.480. The maximum absolute atomic E-state index is 10.8. The lowest BCUT2D eigenvalue weighted by Crippen LogP contribution is -2.50. The monoisotopic (exact) mass is 174 g/mol. The number of nitrogens with two attached hydrogens (primary N) is 1. The van der Waals surface area contributed by atoms with E-state index in [9.17, 15) is 9.59 Å². The van der Waals surface area contributed by atoms with Gasteiger partial charge in [0.2, 0.25) is 0 Å². The van der Waals surface area contributed by atoms with Gasteiger partial charge in [-0.3, -0.25) is 0 Å². The second-order valence-electron chi connectivity index (χ2n) is 2.40. The first-order chi connectivity index (χ1) is 5.56. The summed E-state index contributed by atoms with van der Waals surface area (Å²) in [6.07, 6.45) is 0.823. The fraction of sp³-hybridized carbons (Fsp3) is 0.667. The Labute approximate surface area is 70.8 Å². The zero-order chi connectivity index (χ0) is 9.56. The predicted molar refractivity (Wildman–Crippen MR) is 44.1 cm³/mol. The van der Waals surface area contributed by atoms with Crippen LogP contribution in [-0.2, 0) is 0 Å². The summed E-state index contributed by atoms with van der Waals surface area (Å²) in [6, 6.07) is -1.20. The average Bonchev–Trinajstić information content (AvgIpc) is 2.00. The maximum Gasteiger partial charge on any atom is 0.333 e. The van der Waals surface area contributed by atoms with Crippen LogP contribution < -0.4 is 21.9 Å². The highest BCUT2D eigenvalue weighted by molar-refractivity contribution is 5.79. The van der Waals surface area contributed by atoms with Crippen molar-refractivity contribution in [1.82, 2.24) is 16.2 Å². The minimum atomic E-state index is -0.797. The molecule has 6 heteroatoms. The molecular formula is C6H14N4O2. The first-order valence-electron chi connectivity index (χ1n) is 3.68. The second-order valence-corrected chi connectivity index (χ2v) is 2.40. The van der Waals surface area contributed by atoms with Crippen LogP contribution in [0.25, 0.3) is 0 Å². The molecule has 0 aromatic rings. The molecule has 0 heterocycles. The molecular weight excluding hydrogens is 160 g/mol. The molecule has 0 saturated carbocycles. The summed E-state index contributed by atoms with van der Waals surface area (Å²) < 4.78 is 0. The number of hydrogen-bond acceptors (Lipinski definition) is 2. The molecule has 0 aromatic heterocycles. The molecule has 0 rings (SSSR count). The molecule has 1 unspecified atom stereocenters. The molecule has 0 spiro atoms. The van der Waals surface area contributed by atoms with Gasteiger partial charge in [-0.15, -0.1) is 0 Å². The lowest BCUT2D eigenvalue weighted by Gasteiger charge is -2.11. The van der Waals surface area contributed by atoms with E-state index in [2.05, 4.69) is 10.7 Å². The zero-order valence-corrected chi connectivity index (χ0v) is 7.18. The highest BCUT2D eigenvalue weighted by Gasteiger charge is 2.03. The average molecular weight is 174 g/mol. The molecule has 0 bridgehead atoms. The summed E-state index contributed by atoms with van der Waals surface area (Å²) in [4.78, 5) is 21.0. The van der Waals surface area contributed by atoms with E-state index in [4.69, 9.17) is 5.73 Å². The van der Waals surface area contributed by atoms with Crippen molar-refractivity contribution >= 4 is 12.1 Å². The summed E-state index contributed by atoms with van der Waals surface area (Å²) in [7, 11) is 0. The Hall–Kier alpha value is -1.46. The van der Waals surface area contributed by atoms with E-state index in [0.717, 1.165) is 6.42 Å². The Morgan fingerprint density at radius 2 is 2.00 bits per heavy atom. The normalized spacial score (nSPS) is 11.5. The summed E-state index contributed by atoms with van der Waals surface area (Å²) in [5, 5.41) is 2.56. The molecule has 70 valence electrons. The molecule has 12 heavy (non-hydrogen) atoms. The second kappa shape index (κ2) is 5.22. The summed E-state index contributed by atoms with van der Waals surface area (Å²) in [6.45, 7) is 3.79. The van der Waals surface area contributed by atoms with Gasteiger partial charge >= 0.3 is 12.1 Å². The van der Waals surface area contributed by atoms with Gasteiger partial charge in [-0.1, -0.05) is 6.92 Å². The van der Waals surface area contributed by atoms with Gasteiger partial charge in [0.15, 0.2) is 0 Å². The minimum Gasteiger partial charge on any atom is -0.350 e. The maximum atomic E-state index is 10.8. The standard InChI is InChI=1S/C6H14N4O2/c1-3-4(2)8-6(12)10-9-5(7)11/h4H,3H2,1-2H3,(H3,7,9,11)(H2,8,10,12). The number of carbonyl (C=O) groups is 2. The molecule has 0 aliphatic heterocycles. The number of primary amides is 1. The molecule has 0 aliphatic carbocycles. The number of urea groups is 2. The van der Waals surface area contributed by atoms with Crippen molar-refractivity contribution in [3.8, 4) is 0 Å². The van der Waals surface area contributed by atoms with Crippen LogP contribution in [0.5, 0.6) is 0 Å². The molecule has 0 saturated heterocycles. The Bertz CT molecular complexity index is 171. The quantitative estimate of drug-likeness (QED) is 0.431. The van der Waals surface area contributed by atoms with Gasteiger partial charge in [-0.2, -0.15) is 0 Å². The molecule has 4 amide bonds. The van der Waals surface area contributed by atoms with Crippen LogP contribution in [0.1, 0.15) is 20.3 Å². The third-order valence-corrected chi connectivity index (χ3v) is 1.29. The van der Waals surface area contributed by atoms with E-state index in [-0.39, 0.29) is 6.04 Å². The molecule has 6 nitrogen and oxygen atoms in total. The largest absolute Gasteiger partial charge is 0.350 e. The SMILES string of the molecule is CCC(C)NC(=O)NNC(N)=O. The lowest BCUT2D eigenvalue weighted by molar-refractivity contribution is 0.226. The molecule has 0 aromatic carbocycles. The number of rotatable bonds is 2. The molecule has 1 atom stereocenters. The minimum absolute atomic E-state index is 0.0691. The van der Waals surface area contributed by atoms with Gasteiger partial charge in [0.1, 0.15) is 0 Å². The van der Waals surface area contributed by atoms with Crippen LogP contribution >= 0.6 is 0 Å². The summed E-state index contributed by atoms with van der Waals surface area (Å²) in [5.41, 5.74) is 8.74. The van der Waals surface area contributed by atoms with Gasteiger partial charge in [0, 0.05) is 6.04 Å². The first kappa shape index (κ1) is 10.5. The van der Waals surface area contributed by atoms with E-state index < -0.39 is 12.1 Å². The van der Waals surface area contributed by atoms with Crippen molar-refractivity contribution < 1.29 is 9.59 Å². The summed E-state index contributed by atoms with van der Waals surface area (Å²) >= 11 is 0. The van der Waals surface area contributed by atoms with E-state index in [0.29, 0.717) is 0 Å². The van der Waals surface area contributed by atoms with Gasteiger partial charge in [-0.25, -0.2) is 20.4 Å². The predicted octanol–water partition coefficient (Wildman–Crippen LogP) is -0.333. The van der Waals surface area contributed by atoms with E-state index in [1.54, 1.807) is 0 Å². The highest BCUT2D eigenvalue weighted by Crippen LogP contribution is 1.85. The van der Waals surface area contributed by atoms with Gasteiger partial charge in [0.05, 0.1) is 0 Å². The number of hydrogen-bond donors (Lipinski definition) is 4. The third-order valence-electron chi connectivity index (χ3n) is 1.29. The highest BCUT2D eigenvalue weighted by atomic mass is 16.2. The molecule has 0 aliphatic rings. The Morgan fingerprint density at radius 1 is 1.42 bits per heavy atom. The Kier molecular flexibility index (Phi) is 4.59. The van der Waals surface area contributed by atoms with Gasteiger partial charge < -0.3 is 11.1 Å². The van der Waals surface area contributed by atoms with Crippen molar-refractivity contribution in [3.05, 3.63) is 0 Å². The van der Waals surface area contributed by atoms with E-state index >= 15 is 0 Å². The Morgan fingerprint density at radius 3 is 2.42 bits per heavy atom. The summed E-state index contributed by atoms with van der Waals surface area (Å²) in [5.74, 6) is 0.